The molecule has 0 radical (unpaired) electrons. The van der Waals surface area contributed by atoms with Gasteiger partial charge in [0, 0.05) is 18.2 Å². The molecule has 3 N–H and O–H groups in total. The molecule has 0 heterocycles. The molecule has 0 aromatic heterocycles. The Morgan fingerprint density at radius 2 is 2.25 bits per heavy atom. The van der Waals surface area contributed by atoms with Crippen LogP contribution in [-0.2, 0) is 12.8 Å². The number of nitrogens with two attached hydrogens (primary N) is 1. The molecule has 0 fully saturated rings. The molecule has 88 valence electrons. The molecule has 0 spiro atoms. The van der Waals surface area contributed by atoms with E-state index in [9.17, 15) is 0 Å². The molecule has 1 aromatic carbocycles. The van der Waals surface area contributed by atoms with Crippen molar-refractivity contribution in [2.45, 2.75) is 31.7 Å². The minimum absolute atomic E-state index is 0.118. The maximum Gasteiger partial charge on any atom is 0.123 e. The maximum absolute atomic E-state index is 8.99. The average molecular weight is 221 g/mol. The summed E-state index contributed by atoms with van der Waals surface area (Å²) < 4.78 is 5.38. The minimum atomic E-state index is -0.118. The van der Waals surface area contributed by atoms with Gasteiger partial charge in [0.05, 0.1) is 7.11 Å². The SMILES string of the molecule is COc1ccc2c(c1C(N)CCO)CCC2. The van der Waals surface area contributed by atoms with Crippen LogP contribution in [0.4, 0.5) is 0 Å². The standard InChI is InChI=1S/C13H19NO2/c1-16-12-6-5-9-3-2-4-10(9)13(12)11(14)7-8-15/h5-6,11,15H,2-4,7-8,14H2,1H3. The summed E-state index contributed by atoms with van der Waals surface area (Å²) in [5, 5.41) is 8.99. The summed E-state index contributed by atoms with van der Waals surface area (Å²) in [5.41, 5.74) is 9.96. The van der Waals surface area contributed by atoms with Crippen LogP contribution in [0, 0.1) is 0 Å². The first kappa shape index (κ1) is 11.4. The molecule has 0 saturated heterocycles. The summed E-state index contributed by atoms with van der Waals surface area (Å²) in [6.45, 7) is 0.119. The molecule has 0 bridgehead atoms. The van der Waals surface area contributed by atoms with Gasteiger partial charge in [0.15, 0.2) is 0 Å². The summed E-state index contributed by atoms with van der Waals surface area (Å²) in [7, 11) is 1.67. The Morgan fingerprint density at radius 1 is 1.44 bits per heavy atom. The first-order chi connectivity index (χ1) is 7.77. The molecule has 0 amide bonds. The summed E-state index contributed by atoms with van der Waals surface area (Å²) >= 11 is 0. The highest BCUT2D eigenvalue weighted by atomic mass is 16.5. The van der Waals surface area contributed by atoms with Gasteiger partial charge in [-0.3, -0.25) is 0 Å². The lowest BCUT2D eigenvalue weighted by Gasteiger charge is -2.19. The number of aliphatic hydroxyl groups is 1. The molecule has 1 aliphatic carbocycles. The highest BCUT2D eigenvalue weighted by Gasteiger charge is 2.22. The van der Waals surface area contributed by atoms with Gasteiger partial charge < -0.3 is 15.6 Å². The van der Waals surface area contributed by atoms with Crippen molar-refractivity contribution in [2.75, 3.05) is 13.7 Å². The smallest absolute Gasteiger partial charge is 0.123 e. The first-order valence-corrected chi connectivity index (χ1v) is 5.83. The Kier molecular flexibility index (Phi) is 3.46. The van der Waals surface area contributed by atoms with E-state index < -0.39 is 0 Å². The van der Waals surface area contributed by atoms with Gasteiger partial charge in [-0.2, -0.15) is 0 Å². The Hall–Kier alpha value is -1.06. The van der Waals surface area contributed by atoms with Gasteiger partial charge in [-0.1, -0.05) is 6.07 Å². The van der Waals surface area contributed by atoms with E-state index in [1.807, 2.05) is 6.07 Å². The number of hydrogen-bond acceptors (Lipinski definition) is 3. The van der Waals surface area contributed by atoms with Crippen molar-refractivity contribution in [3.8, 4) is 5.75 Å². The third kappa shape index (κ3) is 1.93. The Balaban J connectivity index is 2.43. The molecular weight excluding hydrogens is 202 g/mol. The van der Waals surface area contributed by atoms with Gasteiger partial charge >= 0.3 is 0 Å². The molecule has 2 rings (SSSR count). The molecule has 0 aliphatic heterocycles. The number of methoxy groups -OCH3 is 1. The average Bonchev–Trinajstić information content (AvgIpc) is 2.75. The van der Waals surface area contributed by atoms with Crippen molar-refractivity contribution >= 4 is 0 Å². The van der Waals surface area contributed by atoms with E-state index >= 15 is 0 Å². The second-order valence-corrected chi connectivity index (χ2v) is 4.29. The van der Waals surface area contributed by atoms with Gasteiger partial charge in [0.1, 0.15) is 5.75 Å². The predicted octanol–water partition coefficient (Wildman–Crippen LogP) is 1.57. The number of fused-ring (bicyclic) bond motifs is 1. The maximum atomic E-state index is 8.99. The summed E-state index contributed by atoms with van der Waals surface area (Å²) in [6, 6.07) is 4.01. The Bertz CT molecular complexity index is 376. The predicted molar refractivity (Wildman–Crippen MR) is 63.7 cm³/mol. The quantitative estimate of drug-likeness (QED) is 0.811. The molecule has 1 atom stereocenters. The van der Waals surface area contributed by atoms with Crippen LogP contribution in [0.5, 0.6) is 5.75 Å². The van der Waals surface area contributed by atoms with Gasteiger partial charge in [-0.25, -0.2) is 0 Å². The zero-order chi connectivity index (χ0) is 11.5. The number of hydrogen-bond donors (Lipinski definition) is 2. The molecule has 16 heavy (non-hydrogen) atoms. The highest BCUT2D eigenvalue weighted by Crippen LogP contribution is 2.36. The van der Waals surface area contributed by atoms with Gasteiger partial charge in [0.25, 0.3) is 0 Å². The molecule has 3 nitrogen and oxygen atoms in total. The Morgan fingerprint density at radius 3 is 2.94 bits per heavy atom. The minimum Gasteiger partial charge on any atom is -0.496 e. The number of ether oxygens (including phenoxy) is 1. The van der Waals surface area contributed by atoms with E-state index in [0.29, 0.717) is 6.42 Å². The fourth-order valence-electron chi connectivity index (χ4n) is 2.54. The van der Waals surface area contributed by atoms with Crippen molar-refractivity contribution in [3.63, 3.8) is 0 Å². The molecule has 0 saturated carbocycles. The fourth-order valence-corrected chi connectivity index (χ4v) is 2.54. The zero-order valence-corrected chi connectivity index (χ0v) is 9.70. The van der Waals surface area contributed by atoms with Crippen LogP contribution in [0.2, 0.25) is 0 Å². The monoisotopic (exact) mass is 221 g/mol. The third-order valence-corrected chi connectivity index (χ3v) is 3.32. The lowest BCUT2D eigenvalue weighted by molar-refractivity contribution is 0.275. The molecule has 1 aliphatic rings. The van der Waals surface area contributed by atoms with Gasteiger partial charge in [-0.15, -0.1) is 0 Å². The van der Waals surface area contributed by atoms with Crippen molar-refractivity contribution in [1.29, 1.82) is 0 Å². The van der Waals surface area contributed by atoms with Crippen LogP contribution in [0.15, 0.2) is 12.1 Å². The number of rotatable bonds is 4. The lowest BCUT2D eigenvalue weighted by atomic mass is 9.95. The van der Waals surface area contributed by atoms with Crippen molar-refractivity contribution in [1.82, 2.24) is 0 Å². The van der Waals surface area contributed by atoms with Crippen LogP contribution in [-0.4, -0.2) is 18.8 Å². The molecular formula is C13H19NO2. The van der Waals surface area contributed by atoms with Gasteiger partial charge in [0.2, 0.25) is 0 Å². The van der Waals surface area contributed by atoms with Crippen LogP contribution in [0.3, 0.4) is 0 Å². The van der Waals surface area contributed by atoms with Crippen LogP contribution < -0.4 is 10.5 Å². The van der Waals surface area contributed by atoms with E-state index in [2.05, 4.69) is 6.07 Å². The van der Waals surface area contributed by atoms with E-state index in [1.54, 1.807) is 7.11 Å². The molecule has 1 aromatic rings. The van der Waals surface area contributed by atoms with E-state index in [1.165, 1.54) is 17.5 Å². The number of benzene rings is 1. The number of aliphatic hydroxyl groups excluding tert-OH is 1. The van der Waals surface area contributed by atoms with Crippen LogP contribution in [0.1, 0.15) is 35.6 Å². The topological polar surface area (TPSA) is 55.5 Å². The third-order valence-electron chi connectivity index (χ3n) is 3.32. The van der Waals surface area contributed by atoms with Crippen LogP contribution >= 0.6 is 0 Å². The summed E-state index contributed by atoms with van der Waals surface area (Å²) in [6.07, 6.45) is 4.01. The van der Waals surface area contributed by atoms with E-state index in [0.717, 1.165) is 24.2 Å². The molecule has 3 heteroatoms. The van der Waals surface area contributed by atoms with Crippen molar-refractivity contribution in [2.24, 2.45) is 5.73 Å². The van der Waals surface area contributed by atoms with Gasteiger partial charge in [-0.05, 0) is 42.9 Å². The lowest BCUT2D eigenvalue weighted by Crippen LogP contribution is -2.15. The normalized spacial score (nSPS) is 15.9. The summed E-state index contributed by atoms with van der Waals surface area (Å²) in [5.74, 6) is 0.863. The van der Waals surface area contributed by atoms with Crippen molar-refractivity contribution < 1.29 is 9.84 Å². The number of aryl methyl sites for hydroxylation is 1. The Labute approximate surface area is 96.2 Å². The molecule has 1 unspecified atom stereocenters. The van der Waals surface area contributed by atoms with E-state index in [4.69, 9.17) is 15.6 Å². The second-order valence-electron chi connectivity index (χ2n) is 4.29. The second kappa shape index (κ2) is 4.85. The fraction of sp³-hybridized carbons (Fsp3) is 0.538. The summed E-state index contributed by atoms with van der Waals surface area (Å²) in [4.78, 5) is 0. The first-order valence-electron chi connectivity index (χ1n) is 5.83. The van der Waals surface area contributed by atoms with Crippen LogP contribution in [0.25, 0.3) is 0 Å². The highest BCUT2D eigenvalue weighted by molar-refractivity contribution is 5.49. The zero-order valence-electron chi connectivity index (χ0n) is 9.70. The largest absolute Gasteiger partial charge is 0.496 e. The van der Waals surface area contributed by atoms with Crippen molar-refractivity contribution in [3.05, 3.63) is 28.8 Å². The van der Waals surface area contributed by atoms with E-state index in [-0.39, 0.29) is 12.6 Å².